The second-order valence-electron chi connectivity index (χ2n) is 5.88. The largest absolute Gasteiger partial charge is 0.497 e. The van der Waals surface area contributed by atoms with Crippen molar-refractivity contribution in [2.24, 2.45) is 5.73 Å². The molecule has 0 spiro atoms. The summed E-state index contributed by atoms with van der Waals surface area (Å²) in [6.07, 6.45) is 6.38. The molecule has 1 aromatic carbocycles. The molecule has 0 unspecified atom stereocenters. The van der Waals surface area contributed by atoms with Crippen molar-refractivity contribution in [3.8, 4) is 5.75 Å². The van der Waals surface area contributed by atoms with Crippen LogP contribution in [-0.4, -0.2) is 26.1 Å². The van der Waals surface area contributed by atoms with E-state index < -0.39 is 0 Å². The Bertz CT molecular complexity index is 450. The summed E-state index contributed by atoms with van der Waals surface area (Å²) in [7, 11) is 1.68. The van der Waals surface area contributed by atoms with Crippen LogP contribution in [0.5, 0.6) is 5.75 Å². The van der Waals surface area contributed by atoms with E-state index in [0.717, 1.165) is 18.6 Å². The molecule has 0 radical (unpaired) electrons. The lowest BCUT2D eigenvalue weighted by atomic mass is 9.69. The third-order valence-electron chi connectivity index (χ3n) is 4.51. The van der Waals surface area contributed by atoms with Gasteiger partial charge in [-0.25, -0.2) is 0 Å². The first-order chi connectivity index (χ1) is 10.2. The van der Waals surface area contributed by atoms with Gasteiger partial charge in [0.25, 0.3) is 0 Å². The number of methoxy groups -OCH3 is 1. The summed E-state index contributed by atoms with van der Waals surface area (Å²) in [6.45, 7) is 1.11. The topological polar surface area (TPSA) is 64.3 Å². The molecule has 3 N–H and O–H groups in total. The molecule has 4 nitrogen and oxygen atoms in total. The third kappa shape index (κ3) is 3.97. The lowest BCUT2D eigenvalue weighted by Crippen LogP contribution is -2.42. The van der Waals surface area contributed by atoms with E-state index in [-0.39, 0.29) is 11.3 Å². The van der Waals surface area contributed by atoms with Crippen molar-refractivity contribution >= 4 is 5.91 Å². The molecule has 0 bridgehead atoms. The molecule has 0 saturated heterocycles. The van der Waals surface area contributed by atoms with Crippen molar-refractivity contribution < 1.29 is 9.53 Å². The van der Waals surface area contributed by atoms with E-state index in [0.29, 0.717) is 19.5 Å². The number of benzene rings is 1. The highest BCUT2D eigenvalue weighted by Crippen LogP contribution is 2.39. The zero-order valence-electron chi connectivity index (χ0n) is 12.9. The van der Waals surface area contributed by atoms with Crippen LogP contribution in [0, 0.1) is 0 Å². The van der Waals surface area contributed by atoms with Crippen LogP contribution in [0.2, 0.25) is 0 Å². The zero-order chi connectivity index (χ0) is 15.1. The Labute approximate surface area is 127 Å². The van der Waals surface area contributed by atoms with Gasteiger partial charge >= 0.3 is 0 Å². The number of nitrogens with one attached hydrogen (secondary N) is 1. The molecule has 116 valence electrons. The number of hydrogen-bond donors (Lipinski definition) is 2. The molecule has 2 rings (SSSR count). The van der Waals surface area contributed by atoms with Gasteiger partial charge in [0, 0.05) is 24.9 Å². The quantitative estimate of drug-likeness (QED) is 0.845. The molecule has 1 aliphatic carbocycles. The van der Waals surface area contributed by atoms with Gasteiger partial charge in [-0.3, -0.25) is 4.79 Å². The molecule has 0 heterocycles. The lowest BCUT2D eigenvalue weighted by Gasteiger charge is -2.38. The van der Waals surface area contributed by atoms with Crippen molar-refractivity contribution in [1.82, 2.24) is 5.32 Å². The molecule has 1 aromatic rings. The van der Waals surface area contributed by atoms with Gasteiger partial charge in [0.2, 0.25) is 5.91 Å². The Kier molecular flexibility index (Phi) is 5.62. The van der Waals surface area contributed by atoms with Crippen molar-refractivity contribution in [3.05, 3.63) is 29.8 Å². The predicted molar refractivity (Wildman–Crippen MR) is 84.4 cm³/mol. The van der Waals surface area contributed by atoms with Crippen LogP contribution >= 0.6 is 0 Å². The highest BCUT2D eigenvalue weighted by molar-refractivity contribution is 5.76. The minimum atomic E-state index is 0.0518. The molecular weight excluding hydrogens is 264 g/mol. The summed E-state index contributed by atoms with van der Waals surface area (Å²) in [6, 6.07) is 8.29. The number of rotatable bonds is 6. The van der Waals surface area contributed by atoms with Crippen LogP contribution in [-0.2, 0) is 10.2 Å². The molecule has 21 heavy (non-hydrogen) atoms. The number of carbonyl (C=O) groups is 1. The first-order valence-corrected chi connectivity index (χ1v) is 7.81. The van der Waals surface area contributed by atoms with E-state index in [1.165, 1.54) is 24.8 Å². The van der Waals surface area contributed by atoms with Crippen LogP contribution in [0.15, 0.2) is 24.3 Å². The van der Waals surface area contributed by atoms with Crippen molar-refractivity contribution in [1.29, 1.82) is 0 Å². The van der Waals surface area contributed by atoms with Crippen molar-refractivity contribution in [2.45, 2.75) is 43.9 Å². The second-order valence-corrected chi connectivity index (χ2v) is 5.88. The van der Waals surface area contributed by atoms with Gasteiger partial charge in [-0.1, -0.05) is 31.4 Å². The summed E-state index contributed by atoms with van der Waals surface area (Å²) in [5.74, 6) is 0.924. The van der Waals surface area contributed by atoms with Crippen LogP contribution < -0.4 is 15.8 Å². The highest BCUT2D eigenvalue weighted by atomic mass is 16.5. The third-order valence-corrected chi connectivity index (χ3v) is 4.51. The molecule has 0 aromatic heterocycles. The van der Waals surface area contributed by atoms with E-state index in [1.54, 1.807) is 7.11 Å². The fourth-order valence-corrected chi connectivity index (χ4v) is 3.23. The van der Waals surface area contributed by atoms with Crippen LogP contribution in [0.25, 0.3) is 0 Å². The molecular formula is C17H26N2O2. The van der Waals surface area contributed by atoms with Gasteiger partial charge in [0.05, 0.1) is 7.11 Å². The maximum absolute atomic E-state index is 11.7. The fraction of sp³-hybridized carbons (Fsp3) is 0.588. The first-order valence-electron chi connectivity index (χ1n) is 7.81. The van der Waals surface area contributed by atoms with Crippen molar-refractivity contribution in [2.75, 3.05) is 20.2 Å². The number of nitrogens with two attached hydrogens (primary N) is 1. The first kappa shape index (κ1) is 15.8. The standard InChI is InChI=1S/C17H26N2O2/c1-21-15-7-5-14(6-8-15)17(10-3-2-4-11-17)13-19-16(20)9-12-18/h5-8H,2-4,9-13,18H2,1H3,(H,19,20). The molecule has 1 aliphatic rings. The summed E-state index contributed by atoms with van der Waals surface area (Å²) < 4.78 is 5.24. The van der Waals surface area contributed by atoms with E-state index >= 15 is 0 Å². The zero-order valence-corrected chi connectivity index (χ0v) is 12.9. The Balaban J connectivity index is 2.13. The van der Waals surface area contributed by atoms with Gasteiger partial charge in [-0.15, -0.1) is 0 Å². The van der Waals surface area contributed by atoms with Crippen LogP contribution in [0.3, 0.4) is 0 Å². The predicted octanol–water partition coefficient (Wildman–Crippen LogP) is 2.36. The normalized spacial score (nSPS) is 17.2. The van der Waals surface area contributed by atoms with E-state index in [9.17, 15) is 4.79 Å². The second kappa shape index (κ2) is 7.46. The molecule has 1 amide bonds. The number of ether oxygens (including phenoxy) is 1. The minimum absolute atomic E-state index is 0.0518. The summed E-state index contributed by atoms with van der Waals surface area (Å²) >= 11 is 0. The maximum atomic E-state index is 11.7. The lowest BCUT2D eigenvalue weighted by molar-refractivity contribution is -0.121. The van der Waals surface area contributed by atoms with Gasteiger partial charge in [-0.2, -0.15) is 0 Å². The average Bonchev–Trinajstić information content (AvgIpc) is 2.54. The SMILES string of the molecule is COc1ccc(C2(CNC(=O)CCN)CCCCC2)cc1. The van der Waals surface area contributed by atoms with E-state index in [4.69, 9.17) is 10.5 Å². The molecule has 4 heteroatoms. The van der Waals surface area contributed by atoms with Gasteiger partial charge in [0.15, 0.2) is 0 Å². The molecule has 0 atom stereocenters. The average molecular weight is 290 g/mol. The summed E-state index contributed by atoms with van der Waals surface area (Å²) in [5, 5.41) is 3.07. The van der Waals surface area contributed by atoms with E-state index in [1.807, 2.05) is 12.1 Å². The summed E-state index contributed by atoms with van der Waals surface area (Å²) in [5.41, 5.74) is 6.81. The minimum Gasteiger partial charge on any atom is -0.497 e. The number of hydrogen-bond acceptors (Lipinski definition) is 3. The van der Waals surface area contributed by atoms with E-state index in [2.05, 4.69) is 17.4 Å². The maximum Gasteiger partial charge on any atom is 0.221 e. The summed E-state index contributed by atoms with van der Waals surface area (Å²) in [4.78, 5) is 11.7. The Morgan fingerprint density at radius 1 is 1.24 bits per heavy atom. The van der Waals surface area contributed by atoms with Gasteiger partial charge < -0.3 is 15.8 Å². The molecule has 1 fully saturated rings. The Morgan fingerprint density at radius 3 is 2.48 bits per heavy atom. The number of amides is 1. The van der Waals surface area contributed by atoms with Crippen molar-refractivity contribution in [3.63, 3.8) is 0 Å². The van der Waals surface area contributed by atoms with Gasteiger partial charge in [0.1, 0.15) is 5.75 Å². The molecule has 1 saturated carbocycles. The Morgan fingerprint density at radius 2 is 1.90 bits per heavy atom. The number of carbonyl (C=O) groups excluding carboxylic acids is 1. The monoisotopic (exact) mass is 290 g/mol. The van der Waals surface area contributed by atoms with Crippen LogP contribution in [0.1, 0.15) is 44.1 Å². The Hall–Kier alpha value is -1.55. The molecule has 0 aliphatic heterocycles. The highest BCUT2D eigenvalue weighted by Gasteiger charge is 2.34. The smallest absolute Gasteiger partial charge is 0.221 e. The van der Waals surface area contributed by atoms with Gasteiger partial charge in [-0.05, 0) is 30.5 Å². The van der Waals surface area contributed by atoms with Crippen LogP contribution in [0.4, 0.5) is 0 Å². The fourth-order valence-electron chi connectivity index (χ4n) is 3.23.